The summed E-state index contributed by atoms with van der Waals surface area (Å²) in [7, 11) is -2.33. The van der Waals surface area contributed by atoms with Gasteiger partial charge in [0.15, 0.2) is 0 Å². The first kappa shape index (κ1) is 15.6. The largest absolute Gasteiger partial charge is 0.495 e. The van der Waals surface area contributed by atoms with E-state index in [1.165, 1.54) is 26.2 Å². The fraction of sp³-hybridized carbons (Fsp3) is 0.364. The monoisotopic (exact) mass is 306 g/mol. The molecular formula is C11H15ClN2O4S. The van der Waals surface area contributed by atoms with Gasteiger partial charge in [-0.15, -0.1) is 0 Å². The number of rotatable bonds is 5. The van der Waals surface area contributed by atoms with E-state index in [0.717, 1.165) is 10.6 Å². The van der Waals surface area contributed by atoms with Gasteiger partial charge in [-0.3, -0.25) is 9.10 Å². The molecule has 0 radical (unpaired) electrons. The number of sulfonamides is 1. The van der Waals surface area contributed by atoms with Gasteiger partial charge in [-0.05, 0) is 25.1 Å². The minimum Gasteiger partial charge on any atom is -0.495 e. The van der Waals surface area contributed by atoms with E-state index in [-0.39, 0.29) is 11.4 Å². The van der Waals surface area contributed by atoms with Crippen LogP contribution in [0.2, 0.25) is 5.02 Å². The third-order valence-electron chi connectivity index (χ3n) is 2.50. The number of anilines is 1. The first-order valence-corrected chi connectivity index (χ1v) is 7.53. The molecule has 1 amide bonds. The van der Waals surface area contributed by atoms with Crippen LogP contribution in [0.3, 0.4) is 0 Å². The van der Waals surface area contributed by atoms with E-state index in [1.54, 1.807) is 6.07 Å². The van der Waals surface area contributed by atoms with E-state index in [2.05, 4.69) is 0 Å². The maximum absolute atomic E-state index is 11.9. The highest BCUT2D eigenvalue weighted by Crippen LogP contribution is 2.34. The number of methoxy groups -OCH3 is 1. The molecule has 0 heterocycles. The first-order valence-electron chi connectivity index (χ1n) is 5.30. The number of carbonyl (C=O) groups excluding carboxylic acids is 1. The second-order valence-corrected chi connectivity index (χ2v) is 6.25. The number of hydrogen-bond donors (Lipinski definition) is 1. The fourth-order valence-corrected chi connectivity index (χ4v) is 2.97. The van der Waals surface area contributed by atoms with Gasteiger partial charge in [-0.1, -0.05) is 11.6 Å². The summed E-state index contributed by atoms with van der Waals surface area (Å²) in [6, 6.07) is 3.42. The van der Waals surface area contributed by atoms with E-state index in [9.17, 15) is 13.2 Å². The Kier molecular flexibility index (Phi) is 4.65. The Balaban J connectivity index is 3.50. The molecule has 0 aliphatic carbocycles. The van der Waals surface area contributed by atoms with E-state index in [4.69, 9.17) is 22.1 Å². The number of carbonyl (C=O) groups is 1. The first-order chi connectivity index (χ1) is 8.68. The van der Waals surface area contributed by atoms with Crippen LogP contribution in [0.25, 0.3) is 0 Å². The standard InChI is InChI=1S/C11H15ClN2O4S/c1-7(11(13)15)14(19(3,16)17)9-6-8(12)4-5-10(9)18-2/h4-7H,1-3H3,(H2,13,15). The molecule has 0 bridgehead atoms. The smallest absolute Gasteiger partial charge is 0.241 e. The molecule has 0 aromatic heterocycles. The number of amides is 1. The van der Waals surface area contributed by atoms with Crippen LogP contribution in [0.5, 0.6) is 5.75 Å². The molecule has 8 heteroatoms. The summed E-state index contributed by atoms with van der Waals surface area (Å²) < 4.78 is 29.7. The van der Waals surface area contributed by atoms with Crippen molar-refractivity contribution in [2.75, 3.05) is 17.7 Å². The third-order valence-corrected chi connectivity index (χ3v) is 3.96. The van der Waals surface area contributed by atoms with Crippen LogP contribution in [0.4, 0.5) is 5.69 Å². The van der Waals surface area contributed by atoms with Crippen LogP contribution in [0.15, 0.2) is 18.2 Å². The quantitative estimate of drug-likeness (QED) is 0.878. The Hall–Kier alpha value is -1.47. The number of nitrogens with zero attached hydrogens (tertiary/aromatic N) is 1. The molecule has 106 valence electrons. The molecule has 6 nitrogen and oxygen atoms in total. The molecule has 0 spiro atoms. The Morgan fingerprint density at radius 2 is 2.05 bits per heavy atom. The number of primary amides is 1. The lowest BCUT2D eigenvalue weighted by atomic mass is 10.2. The van der Waals surface area contributed by atoms with Gasteiger partial charge in [0.25, 0.3) is 0 Å². The summed E-state index contributed by atoms with van der Waals surface area (Å²) in [4.78, 5) is 11.3. The van der Waals surface area contributed by atoms with Crippen molar-refractivity contribution in [3.8, 4) is 5.75 Å². The van der Waals surface area contributed by atoms with E-state index >= 15 is 0 Å². The lowest BCUT2D eigenvalue weighted by Crippen LogP contribution is -2.46. The molecule has 0 saturated heterocycles. The van der Waals surface area contributed by atoms with Gasteiger partial charge < -0.3 is 10.5 Å². The van der Waals surface area contributed by atoms with Crippen LogP contribution >= 0.6 is 11.6 Å². The van der Waals surface area contributed by atoms with Crippen molar-refractivity contribution in [3.63, 3.8) is 0 Å². The summed E-state index contributed by atoms with van der Waals surface area (Å²) in [5.74, 6) is -0.490. The minimum absolute atomic E-state index is 0.170. The van der Waals surface area contributed by atoms with Crippen LogP contribution < -0.4 is 14.8 Å². The van der Waals surface area contributed by atoms with Crippen molar-refractivity contribution < 1.29 is 17.9 Å². The van der Waals surface area contributed by atoms with Gasteiger partial charge in [0.1, 0.15) is 11.8 Å². The highest BCUT2D eigenvalue weighted by Gasteiger charge is 2.30. The molecule has 1 unspecified atom stereocenters. The topological polar surface area (TPSA) is 89.7 Å². The van der Waals surface area contributed by atoms with Crippen molar-refractivity contribution in [2.45, 2.75) is 13.0 Å². The zero-order valence-electron chi connectivity index (χ0n) is 10.8. The maximum Gasteiger partial charge on any atom is 0.241 e. The summed E-state index contributed by atoms with van der Waals surface area (Å²) in [6.07, 6.45) is 0.979. The number of halogens is 1. The summed E-state index contributed by atoms with van der Waals surface area (Å²) in [5.41, 5.74) is 5.35. The molecule has 19 heavy (non-hydrogen) atoms. The zero-order valence-corrected chi connectivity index (χ0v) is 12.3. The van der Waals surface area contributed by atoms with E-state index < -0.39 is 22.0 Å². The maximum atomic E-state index is 11.9. The predicted octanol–water partition coefficient (Wildman–Crippen LogP) is 0.988. The van der Waals surface area contributed by atoms with Crippen molar-refractivity contribution >= 4 is 33.2 Å². The van der Waals surface area contributed by atoms with Crippen molar-refractivity contribution in [1.82, 2.24) is 0 Å². The molecule has 2 N–H and O–H groups in total. The van der Waals surface area contributed by atoms with Crippen LogP contribution in [0, 0.1) is 0 Å². The highest BCUT2D eigenvalue weighted by atomic mass is 35.5. The molecule has 0 saturated carbocycles. The van der Waals surface area contributed by atoms with Crippen molar-refractivity contribution in [1.29, 1.82) is 0 Å². The van der Waals surface area contributed by atoms with Gasteiger partial charge in [0.05, 0.1) is 19.1 Å². The number of hydrogen-bond acceptors (Lipinski definition) is 4. The average Bonchev–Trinajstić information content (AvgIpc) is 2.27. The Labute approximate surface area is 117 Å². The molecule has 1 aromatic carbocycles. The molecule has 1 rings (SSSR count). The third kappa shape index (κ3) is 3.51. The van der Waals surface area contributed by atoms with E-state index in [1.807, 2.05) is 0 Å². The SMILES string of the molecule is COc1ccc(Cl)cc1N(C(C)C(N)=O)S(C)(=O)=O. The van der Waals surface area contributed by atoms with Crippen molar-refractivity contribution in [3.05, 3.63) is 23.2 Å². The second-order valence-electron chi connectivity index (χ2n) is 3.95. The van der Waals surface area contributed by atoms with Crippen LogP contribution in [0.1, 0.15) is 6.92 Å². The minimum atomic E-state index is -3.72. The molecule has 1 aromatic rings. The Morgan fingerprint density at radius 1 is 1.47 bits per heavy atom. The molecule has 0 aliphatic heterocycles. The predicted molar refractivity (Wildman–Crippen MR) is 74.0 cm³/mol. The van der Waals surface area contributed by atoms with E-state index in [0.29, 0.717) is 5.02 Å². The average molecular weight is 307 g/mol. The fourth-order valence-electron chi connectivity index (χ4n) is 1.63. The number of ether oxygens (including phenoxy) is 1. The highest BCUT2D eigenvalue weighted by molar-refractivity contribution is 7.92. The zero-order chi connectivity index (χ0) is 14.8. The summed E-state index contributed by atoms with van der Waals surface area (Å²) >= 11 is 5.86. The summed E-state index contributed by atoms with van der Waals surface area (Å²) in [5, 5.41) is 0.320. The lowest BCUT2D eigenvalue weighted by molar-refractivity contribution is -0.118. The Bertz CT molecular complexity index is 588. The Morgan fingerprint density at radius 3 is 2.47 bits per heavy atom. The molecule has 0 fully saturated rings. The lowest BCUT2D eigenvalue weighted by Gasteiger charge is -2.28. The number of benzene rings is 1. The van der Waals surface area contributed by atoms with Gasteiger partial charge in [-0.2, -0.15) is 0 Å². The van der Waals surface area contributed by atoms with Crippen LogP contribution in [-0.2, 0) is 14.8 Å². The summed E-state index contributed by atoms with van der Waals surface area (Å²) in [6.45, 7) is 1.39. The number of nitrogens with two attached hydrogens (primary N) is 1. The van der Waals surface area contributed by atoms with Gasteiger partial charge in [-0.25, -0.2) is 8.42 Å². The normalized spacial score (nSPS) is 12.8. The van der Waals surface area contributed by atoms with Gasteiger partial charge in [0.2, 0.25) is 15.9 Å². The van der Waals surface area contributed by atoms with Gasteiger partial charge in [0, 0.05) is 5.02 Å². The van der Waals surface area contributed by atoms with Gasteiger partial charge >= 0.3 is 0 Å². The van der Waals surface area contributed by atoms with Crippen LogP contribution in [-0.4, -0.2) is 33.7 Å². The molecule has 1 atom stereocenters. The molecular weight excluding hydrogens is 292 g/mol. The van der Waals surface area contributed by atoms with Crippen molar-refractivity contribution in [2.24, 2.45) is 5.73 Å². The second kappa shape index (κ2) is 5.66. The molecule has 0 aliphatic rings.